The first-order valence-electron chi connectivity index (χ1n) is 8.43. The zero-order valence-corrected chi connectivity index (χ0v) is 19.2. The highest BCUT2D eigenvalue weighted by atomic mass is 35.5. The van der Waals surface area contributed by atoms with Gasteiger partial charge in [0.15, 0.2) is 5.17 Å². The summed E-state index contributed by atoms with van der Waals surface area (Å²) >= 11 is 7.71. The molecule has 0 unspecified atom stereocenters. The summed E-state index contributed by atoms with van der Waals surface area (Å²) in [7, 11) is -0.959. The Kier molecular flexibility index (Phi) is 6.91. The fourth-order valence-corrected chi connectivity index (χ4v) is 6.17. The largest absolute Gasteiger partial charge is 0.497 e. The van der Waals surface area contributed by atoms with Crippen LogP contribution in [0.1, 0.15) is 5.56 Å². The number of halogens is 1. The van der Waals surface area contributed by atoms with E-state index in [-0.39, 0.29) is 21.8 Å². The molecular formula is C19H17ClN2O5S3. The summed E-state index contributed by atoms with van der Waals surface area (Å²) in [5, 5.41) is 0.0446. The number of hydrogen-bond acceptors (Lipinski definition) is 7. The van der Waals surface area contributed by atoms with E-state index in [0.29, 0.717) is 26.3 Å². The molecule has 30 heavy (non-hydrogen) atoms. The van der Waals surface area contributed by atoms with Gasteiger partial charge in [-0.15, -0.1) is 22.3 Å². The van der Waals surface area contributed by atoms with Crippen LogP contribution in [-0.2, 0) is 14.8 Å². The van der Waals surface area contributed by atoms with Crippen molar-refractivity contribution in [1.82, 2.24) is 4.90 Å². The topological polar surface area (TPSA) is 85.3 Å². The van der Waals surface area contributed by atoms with Gasteiger partial charge in [-0.25, -0.2) is 0 Å². The van der Waals surface area contributed by atoms with E-state index in [9.17, 15) is 13.2 Å². The van der Waals surface area contributed by atoms with E-state index in [1.807, 2.05) is 0 Å². The number of benzene rings is 1. The van der Waals surface area contributed by atoms with Crippen molar-refractivity contribution in [2.45, 2.75) is 4.21 Å². The third-order valence-corrected chi connectivity index (χ3v) is 8.02. The predicted molar refractivity (Wildman–Crippen MR) is 121 cm³/mol. The molecular weight excluding hydrogens is 468 g/mol. The van der Waals surface area contributed by atoms with Gasteiger partial charge in [0.1, 0.15) is 15.7 Å². The first-order chi connectivity index (χ1) is 14.3. The lowest BCUT2D eigenvalue weighted by molar-refractivity contribution is -0.121. The van der Waals surface area contributed by atoms with Gasteiger partial charge in [-0.1, -0.05) is 17.7 Å². The molecule has 0 atom stereocenters. The Hall–Kier alpha value is -2.27. The van der Waals surface area contributed by atoms with Gasteiger partial charge in [0, 0.05) is 18.2 Å². The minimum Gasteiger partial charge on any atom is -0.497 e. The Morgan fingerprint density at radius 3 is 2.60 bits per heavy atom. The fourth-order valence-electron chi connectivity index (χ4n) is 2.53. The monoisotopic (exact) mass is 484 g/mol. The molecule has 2 heterocycles. The van der Waals surface area contributed by atoms with Crippen LogP contribution in [0.4, 0.5) is 0 Å². The number of carbonyl (C=O) groups excluding carboxylic acids is 1. The second kappa shape index (κ2) is 9.25. The van der Waals surface area contributed by atoms with Gasteiger partial charge >= 0.3 is 0 Å². The van der Waals surface area contributed by atoms with Crippen LogP contribution in [0.3, 0.4) is 0 Å². The molecule has 0 bridgehead atoms. The van der Waals surface area contributed by atoms with Crippen molar-refractivity contribution in [2.24, 2.45) is 4.40 Å². The SMILES string of the molecule is C=CCN1C(=O)C(=Cc2ccc(OC)cc2OC)SC1=NS(=O)(=O)c1ccc(Cl)s1. The highest BCUT2D eigenvalue weighted by molar-refractivity contribution is 8.19. The molecule has 1 saturated heterocycles. The fraction of sp³-hybridized carbons (Fsp3) is 0.158. The summed E-state index contributed by atoms with van der Waals surface area (Å²) in [6.07, 6.45) is 3.12. The summed E-state index contributed by atoms with van der Waals surface area (Å²) in [4.78, 5) is 14.4. The van der Waals surface area contributed by atoms with Gasteiger partial charge in [-0.2, -0.15) is 8.42 Å². The number of hydrogen-bond donors (Lipinski definition) is 0. The van der Waals surface area contributed by atoms with Crippen molar-refractivity contribution < 1.29 is 22.7 Å². The molecule has 11 heteroatoms. The molecule has 1 aromatic heterocycles. The van der Waals surface area contributed by atoms with Crippen LogP contribution >= 0.6 is 34.7 Å². The van der Waals surface area contributed by atoms with Gasteiger partial charge in [0.25, 0.3) is 15.9 Å². The van der Waals surface area contributed by atoms with Crippen molar-refractivity contribution in [3.05, 3.63) is 57.8 Å². The van der Waals surface area contributed by atoms with Gasteiger partial charge < -0.3 is 9.47 Å². The van der Waals surface area contributed by atoms with Crippen LogP contribution in [-0.4, -0.2) is 45.2 Å². The van der Waals surface area contributed by atoms with E-state index >= 15 is 0 Å². The number of sulfonamides is 1. The summed E-state index contributed by atoms with van der Waals surface area (Å²) < 4.78 is 40.0. The quantitative estimate of drug-likeness (QED) is 0.431. The lowest BCUT2D eigenvalue weighted by Crippen LogP contribution is -2.29. The zero-order chi connectivity index (χ0) is 21.9. The van der Waals surface area contributed by atoms with E-state index in [1.165, 1.54) is 30.2 Å². The third-order valence-electron chi connectivity index (χ3n) is 3.93. The van der Waals surface area contributed by atoms with Crippen LogP contribution in [0.5, 0.6) is 11.5 Å². The molecule has 7 nitrogen and oxygen atoms in total. The maximum Gasteiger partial charge on any atom is 0.294 e. The maximum atomic E-state index is 12.9. The maximum absolute atomic E-state index is 12.9. The molecule has 1 aliphatic rings. The summed E-state index contributed by atoms with van der Waals surface area (Å²) in [5.41, 5.74) is 0.641. The summed E-state index contributed by atoms with van der Waals surface area (Å²) in [6, 6.07) is 8.04. The van der Waals surface area contributed by atoms with Crippen molar-refractivity contribution in [1.29, 1.82) is 0 Å². The van der Waals surface area contributed by atoms with Gasteiger partial charge in [-0.3, -0.25) is 9.69 Å². The smallest absolute Gasteiger partial charge is 0.294 e. The Balaban J connectivity index is 2.01. The van der Waals surface area contributed by atoms with Gasteiger partial charge in [0.05, 0.1) is 23.5 Å². The van der Waals surface area contributed by atoms with Crippen LogP contribution in [0.25, 0.3) is 6.08 Å². The minimum absolute atomic E-state index is 0.000792. The molecule has 158 valence electrons. The van der Waals surface area contributed by atoms with Crippen molar-refractivity contribution in [2.75, 3.05) is 20.8 Å². The van der Waals surface area contributed by atoms with Crippen LogP contribution in [0, 0.1) is 0 Å². The highest BCUT2D eigenvalue weighted by Crippen LogP contribution is 2.36. The molecule has 0 saturated carbocycles. The highest BCUT2D eigenvalue weighted by Gasteiger charge is 2.34. The second-order valence-electron chi connectivity index (χ2n) is 5.83. The molecule has 1 aromatic carbocycles. The number of thiophene rings is 1. The number of rotatable bonds is 7. The number of thioether (sulfide) groups is 1. The summed E-state index contributed by atoms with van der Waals surface area (Å²) in [5.74, 6) is 0.739. The van der Waals surface area contributed by atoms with E-state index in [0.717, 1.165) is 23.1 Å². The molecule has 1 aliphatic heterocycles. The number of methoxy groups -OCH3 is 2. The zero-order valence-electron chi connectivity index (χ0n) is 16.0. The number of nitrogens with zero attached hydrogens (tertiary/aromatic N) is 2. The van der Waals surface area contributed by atoms with Crippen LogP contribution in [0.15, 0.2) is 56.5 Å². The normalized spacial score (nSPS) is 17.0. The Bertz CT molecular complexity index is 1150. The van der Waals surface area contributed by atoms with E-state index in [1.54, 1.807) is 31.4 Å². The molecule has 2 aromatic rings. The summed E-state index contributed by atoms with van der Waals surface area (Å²) in [6.45, 7) is 3.74. The van der Waals surface area contributed by atoms with E-state index in [4.69, 9.17) is 21.1 Å². The van der Waals surface area contributed by atoms with E-state index in [2.05, 4.69) is 11.0 Å². The van der Waals surface area contributed by atoms with E-state index < -0.39 is 10.0 Å². The van der Waals surface area contributed by atoms with Crippen LogP contribution in [0.2, 0.25) is 4.34 Å². The molecule has 0 spiro atoms. The molecule has 0 N–H and O–H groups in total. The molecule has 0 aliphatic carbocycles. The average molecular weight is 485 g/mol. The number of amides is 1. The molecule has 1 fully saturated rings. The second-order valence-corrected chi connectivity index (χ2v) is 10.4. The number of ether oxygens (including phenoxy) is 2. The predicted octanol–water partition coefficient (Wildman–Crippen LogP) is 4.27. The molecule has 1 amide bonds. The average Bonchev–Trinajstić information content (AvgIpc) is 3.28. The van der Waals surface area contributed by atoms with Gasteiger partial charge in [-0.05, 0) is 42.1 Å². The van der Waals surface area contributed by atoms with Crippen molar-refractivity contribution in [3.63, 3.8) is 0 Å². The standard InChI is InChI=1S/C19H17ClN2O5S3/c1-4-9-22-18(23)15(10-12-5-6-13(26-2)11-14(12)27-3)28-19(22)21-30(24,25)17-8-7-16(20)29-17/h4-8,10-11H,1,9H2,2-3H3. The Labute approximate surface area is 187 Å². The molecule has 3 rings (SSSR count). The first-order valence-corrected chi connectivity index (χ1v) is 11.9. The minimum atomic E-state index is -4.01. The lowest BCUT2D eigenvalue weighted by Gasteiger charge is -2.12. The first kappa shape index (κ1) is 22.4. The molecule has 0 radical (unpaired) electrons. The lowest BCUT2D eigenvalue weighted by atomic mass is 10.1. The number of carbonyl (C=O) groups is 1. The van der Waals surface area contributed by atoms with Crippen molar-refractivity contribution >= 4 is 61.9 Å². The Morgan fingerprint density at radius 1 is 1.23 bits per heavy atom. The van der Waals surface area contributed by atoms with Gasteiger partial charge in [0.2, 0.25) is 0 Å². The third kappa shape index (κ3) is 4.72. The number of amidine groups is 1. The Morgan fingerprint density at radius 2 is 2.00 bits per heavy atom. The van der Waals surface area contributed by atoms with Crippen molar-refractivity contribution in [3.8, 4) is 11.5 Å². The van der Waals surface area contributed by atoms with Crippen LogP contribution < -0.4 is 9.47 Å².